The molecule has 0 aliphatic carbocycles. The molecule has 0 saturated carbocycles. The van der Waals surface area contributed by atoms with Gasteiger partial charge in [-0.05, 0) is 26.4 Å². The third kappa shape index (κ3) is 2.97. The highest BCUT2D eigenvalue weighted by molar-refractivity contribution is 4.95. The van der Waals surface area contributed by atoms with Crippen LogP contribution in [-0.4, -0.2) is 41.0 Å². The van der Waals surface area contributed by atoms with Crippen molar-refractivity contribution in [2.45, 2.75) is 25.4 Å². The van der Waals surface area contributed by atoms with Crippen LogP contribution < -0.4 is 5.32 Å². The van der Waals surface area contributed by atoms with E-state index in [4.69, 9.17) is 0 Å². The first-order valence-electron chi connectivity index (χ1n) is 5.53. The summed E-state index contributed by atoms with van der Waals surface area (Å²) in [5.74, 6) is 0. The Balaban J connectivity index is 1.89. The van der Waals surface area contributed by atoms with Crippen molar-refractivity contribution in [1.29, 1.82) is 0 Å². The molecule has 2 heterocycles. The van der Waals surface area contributed by atoms with E-state index in [1.54, 1.807) is 12.4 Å². The number of aromatic nitrogens is 2. The van der Waals surface area contributed by atoms with Crippen molar-refractivity contribution in [3.8, 4) is 0 Å². The van der Waals surface area contributed by atoms with Crippen LogP contribution in [0.15, 0.2) is 18.6 Å². The van der Waals surface area contributed by atoms with Crippen LogP contribution in [-0.2, 0) is 6.54 Å². The van der Waals surface area contributed by atoms with E-state index in [1.165, 1.54) is 19.4 Å². The Morgan fingerprint density at radius 1 is 1.53 bits per heavy atom. The van der Waals surface area contributed by atoms with Crippen molar-refractivity contribution in [2.75, 3.05) is 20.1 Å². The Morgan fingerprint density at radius 3 is 3.20 bits per heavy atom. The summed E-state index contributed by atoms with van der Waals surface area (Å²) in [5.41, 5.74) is 1.06. The fourth-order valence-electron chi connectivity index (χ4n) is 2.08. The molecule has 0 spiro atoms. The topological polar surface area (TPSA) is 41.0 Å². The van der Waals surface area contributed by atoms with E-state index in [9.17, 15) is 0 Å². The molecule has 82 valence electrons. The van der Waals surface area contributed by atoms with Crippen LogP contribution in [0, 0.1) is 0 Å². The molecule has 0 aromatic carbocycles. The van der Waals surface area contributed by atoms with Crippen LogP contribution in [0.2, 0.25) is 0 Å². The van der Waals surface area contributed by atoms with Crippen molar-refractivity contribution in [1.82, 2.24) is 20.2 Å². The van der Waals surface area contributed by atoms with Gasteiger partial charge in [-0.15, -0.1) is 0 Å². The number of nitrogens with one attached hydrogen (secondary N) is 1. The second-order valence-electron chi connectivity index (χ2n) is 4.06. The number of nitrogens with zero attached hydrogens (tertiary/aromatic N) is 3. The van der Waals surface area contributed by atoms with E-state index < -0.39 is 0 Å². The molecular formula is C11H18N4. The minimum atomic E-state index is 0.635. The van der Waals surface area contributed by atoms with Gasteiger partial charge >= 0.3 is 0 Å². The highest BCUT2D eigenvalue weighted by atomic mass is 15.2. The second-order valence-corrected chi connectivity index (χ2v) is 4.06. The highest BCUT2D eigenvalue weighted by Crippen LogP contribution is 2.11. The predicted molar refractivity (Wildman–Crippen MR) is 59.4 cm³/mol. The molecule has 4 heteroatoms. The summed E-state index contributed by atoms with van der Waals surface area (Å²) >= 11 is 0. The van der Waals surface area contributed by atoms with Crippen molar-refractivity contribution in [3.63, 3.8) is 0 Å². The Labute approximate surface area is 90.7 Å². The summed E-state index contributed by atoms with van der Waals surface area (Å²) in [6.07, 6.45) is 7.88. The molecule has 1 aliphatic rings. The zero-order valence-electron chi connectivity index (χ0n) is 9.19. The molecular weight excluding hydrogens is 188 g/mol. The molecule has 4 nitrogen and oxygen atoms in total. The first-order valence-corrected chi connectivity index (χ1v) is 5.53. The molecule has 1 aromatic heterocycles. The third-order valence-corrected chi connectivity index (χ3v) is 2.92. The molecule has 1 atom stereocenters. The summed E-state index contributed by atoms with van der Waals surface area (Å²) < 4.78 is 0. The zero-order valence-corrected chi connectivity index (χ0v) is 9.19. The van der Waals surface area contributed by atoms with Crippen LogP contribution in [0.4, 0.5) is 0 Å². The van der Waals surface area contributed by atoms with Crippen molar-refractivity contribution in [2.24, 2.45) is 0 Å². The van der Waals surface area contributed by atoms with Crippen molar-refractivity contribution < 1.29 is 0 Å². The SMILES string of the molecule is CN[C@H]1CCCN(Cc2cnccn2)C1. The first-order chi connectivity index (χ1) is 7.38. The van der Waals surface area contributed by atoms with Crippen LogP contribution in [0.3, 0.4) is 0 Å². The molecule has 0 bridgehead atoms. The minimum Gasteiger partial charge on any atom is -0.316 e. The van der Waals surface area contributed by atoms with Gasteiger partial charge in [-0.25, -0.2) is 0 Å². The van der Waals surface area contributed by atoms with Crippen molar-refractivity contribution in [3.05, 3.63) is 24.3 Å². The smallest absolute Gasteiger partial charge is 0.0726 e. The van der Waals surface area contributed by atoms with Crippen molar-refractivity contribution >= 4 is 0 Å². The van der Waals surface area contributed by atoms with E-state index in [2.05, 4.69) is 20.2 Å². The number of likely N-dealkylation sites (tertiary alicyclic amines) is 1. The molecule has 15 heavy (non-hydrogen) atoms. The first kappa shape index (κ1) is 10.5. The average Bonchev–Trinajstić information content (AvgIpc) is 2.31. The zero-order chi connectivity index (χ0) is 10.5. The maximum Gasteiger partial charge on any atom is 0.0726 e. The normalized spacial score (nSPS) is 22.9. The quantitative estimate of drug-likeness (QED) is 0.789. The lowest BCUT2D eigenvalue weighted by Gasteiger charge is -2.32. The second kappa shape index (κ2) is 5.19. The summed E-state index contributed by atoms with van der Waals surface area (Å²) in [4.78, 5) is 10.8. The molecule has 1 aromatic rings. The van der Waals surface area contributed by atoms with E-state index in [0.29, 0.717) is 6.04 Å². The lowest BCUT2D eigenvalue weighted by Crippen LogP contribution is -2.43. The fourth-order valence-corrected chi connectivity index (χ4v) is 2.08. The van der Waals surface area contributed by atoms with Gasteiger partial charge in [-0.3, -0.25) is 14.9 Å². The Morgan fingerprint density at radius 2 is 2.47 bits per heavy atom. The molecule has 0 unspecified atom stereocenters. The van der Waals surface area contributed by atoms with Gasteiger partial charge in [0.1, 0.15) is 0 Å². The van der Waals surface area contributed by atoms with Gasteiger partial charge in [0, 0.05) is 37.7 Å². The standard InChI is InChI=1S/C11H18N4/c1-12-10-3-2-6-15(8-10)9-11-7-13-4-5-14-11/h4-5,7,10,12H,2-3,6,8-9H2,1H3/t10-/m0/s1. The summed E-state index contributed by atoms with van der Waals surface area (Å²) in [6.45, 7) is 3.22. The molecule has 1 fully saturated rings. The number of hydrogen-bond acceptors (Lipinski definition) is 4. The van der Waals surface area contributed by atoms with E-state index in [-0.39, 0.29) is 0 Å². The number of rotatable bonds is 3. The summed E-state index contributed by atoms with van der Waals surface area (Å²) in [5, 5.41) is 3.34. The average molecular weight is 206 g/mol. The Bertz CT molecular complexity index is 288. The maximum absolute atomic E-state index is 4.30. The van der Waals surface area contributed by atoms with E-state index in [1.807, 2.05) is 13.2 Å². The summed E-state index contributed by atoms with van der Waals surface area (Å²) in [6, 6.07) is 0.635. The Kier molecular flexibility index (Phi) is 3.64. The van der Waals surface area contributed by atoms with Gasteiger partial charge in [0.2, 0.25) is 0 Å². The van der Waals surface area contributed by atoms with Crippen LogP contribution >= 0.6 is 0 Å². The van der Waals surface area contributed by atoms with Gasteiger partial charge in [-0.2, -0.15) is 0 Å². The van der Waals surface area contributed by atoms with Gasteiger partial charge in [0.15, 0.2) is 0 Å². The van der Waals surface area contributed by atoms with Gasteiger partial charge in [-0.1, -0.05) is 0 Å². The molecule has 0 amide bonds. The molecule has 1 N–H and O–H groups in total. The molecule has 2 rings (SSSR count). The van der Waals surface area contributed by atoms with Crippen LogP contribution in [0.25, 0.3) is 0 Å². The van der Waals surface area contributed by atoms with Gasteiger partial charge < -0.3 is 5.32 Å². The van der Waals surface area contributed by atoms with Gasteiger partial charge in [0.05, 0.1) is 5.69 Å². The lowest BCUT2D eigenvalue weighted by molar-refractivity contribution is 0.186. The fraction of sp³-hybridized carbons (Fsp3) is 0.636. The number of hydrogen-bond donors (Lipinski definition) is 1. The molecule has 0 radical (unpaired) electrons. The third-order valence-electron chi connectivity index (χ3n) is 2.92. The number of likely N-dealkylation sites (N-methyl/N-ethyl adjacent to an activating group) is 1. The van der Waals surface area contributed by atoms with Gasteiger partial charge in [0.25, 0.3) is 0 Å². The van der Waals surface area contributed by atoms with E-state index >= 15 is 0 Å². The largest absolute Gasteiger partial charge is 0.316 e. The number of piperidine rings is 1. The predicted octanol–water partition coefficient (Wildman–Crippen LogP) is 0.660. The lowest BCUT2D eigenvalue weighted by atomic mass is 10.1. The highest BCUT2D eigenvalue weighted by Gasteiger charge is 2.18. The van der Waals surface area contributed by atoms with Crippen LogP contribution in [0.1, 0.15) is 18.5 Å². The molecule has 1 aliphatic heterocycles. The Hall–Kier alpha value is -1.00. The van der Waals surface area contributed by atoms with E-state index in [0.717, 1.165) is 18.8 Å². The molecule has 1 saturated heterocycles. The maximum atomic E-state index is 4.30. The monoisotopic (exact) mass is 206 g/mol. The minimum absolute atomic E-state index is 0.635. The summed E-state index contributed by atoms with van der Waals surface area (Å²) in [7, 11) is 2.04. The van der Waals surface area contributed by atoms with Crippen LogP contribution in [0.5, 0.6) is 0 Å².